The molecule has 0 spiro atoms. The molecule has 1 aliphatic heterocycles. The number of nitrogens with two attached hydrogens (primary N) is 1. The number of carbonyl (C=O) groups excluding carboxylic acids is 1. The second-order valence-electron chi connectivity index (χ2n) is 6.77. The summed E-state index contributed by atoms with van der Waals surface area (Å²) in [6, 6.07) is 5.96. The Morgan fingerprint density at radius 3 is 2.96 bits per heavy atom. The van der Waals surface area contributed by atoms with Crippen molar-refractivity contribution < 1.29 is 14.6 Å². The summed E-state index contributed by atoms with van der Waals surface area (Å²) in [4.78, 5) is 17.4. The first-order valence-corrected chi connectivity index (χ1v) is 9.30. The largest absolute Gasteiger partial charge is 0.493 e. The summed E-state index contributed by atoms with van der Waals surface area (Å²) in [5.41, 5.74) is 8.60. The Bertz CT molecular complexity index is 814. The van der Waals surface area contributed by atoms with E-state index in [0.717, 1.165) is 17.7 Å². The predicted molar refractivity (Wildman–Crippen MR) is 95.8 cm³/mol. The molecule has 1 fully saturated rings. The second-order valence-corrected chi connectivity index (χ2v) is 7.80. The lowest BCUT2D eigenvalue weighted by atomic mass is 9.75. The maximum absolute atomic E-state index is 12.7. The molecule has 4 rings (SSSR count). The minimum absolute atomic E-state index is 0.135. The second kappa shape index (κ2) is 6.31. The number of aromatic nitrogens is 1. The molecule has 1 saturated carbocycles. The van der Waals surface area contributed by atoms with Gasteiger partial charge in [0.25, 0.3) is 5.91 Å². The maximum Gasteiger partial charge on any atom is 0.263 e. The number of nitrogens with zero attached hydrogens (tertiary/aromatic N) is 1. The van der Waals surface area contributed by atoms with E-state index in [4.69, 9.17) is 10.5 Å². The highest BCUT2D eigenvalue weighted by Crippen LogP contribution is 2.40. The third-order valence-electron chi connectivity index (χ3n) is 5.00. The van der Waals surface area contributed by atoms with E-state index < -0.39 is 0 Å². The first-order chi connectivity index (χ1) is 12.0. The number of thiazole rings is 1. The lowest BCUT2D eigenvalue weighted by molar-refractivity contribution is 0.0235. The molecule has 2 aliphatic rings. The van der Waals surface area contributed by atoms with E-state index in [2.05, 4.69) is 16.4 Å². The molecule has 1 aliphatic carbocycles. The summed E-state index contributed by atoms with van der Waals surface area (Å²) in [5.74, 6) is 0.994. The first kappa shape index (κ1) is 16.4. The molecular formula is C18H21N3O3S. The fourth-order valence-corrected chi connectivity index (χ4v) is 4.35. The van der Waals surface area contributed by atoms with Gasteiger partial charge in [-0.05, 0) is 48.9 Å². The number of hydrogen-bond donors (Lipinski definition) is 3. The number of amides is 1. The number of aliphatic hydroxyl groups excluding tert-OH is 1. The molecule has 0 unspecified atom stereocenters. The van der Waals surface area contributed by atoms with Crippen molar-refractivity contribution in [1.82, 2.24) is 10.3 Å². The SMILES string of the molecule is Cc1nc(N)sc1C(=O)N[C@H](c1ccc2c(c1)CCO2)C1CC(O)C1. The Morgan fingerprint density at radius 2 is 2.28 bits per heavy atom. The highest BCUT2D eigenvalue weighted by atomic mass is 32.1. The molecule has 0 radical (unpaired) electrons. The molecule has 1 aromatic heterocycles. The molecule has 0 bridgehead atoms. The number of anilines is 1. The zero-order valence-electron chi connectivity index (χ0n) is 14.0. The van der Waals surface area contributed by atoms with E-state index in [1.165, 1.54) is 16.9 Å². The summed E-state index contributed by atoms with van der Waals surface area (Å²) in [5, 5.41) is 13.2. The van der Waals surface area contributed by atoms with Crippen molar-refractivity contribution >= 4 is 22.4 Å². The van der Waals surface area contributed by atoms with Crippen LogP contribution in [0.4, 0.5) is 5.13 Å². The van der Waals surface area contributed by atoms with Crippen LogP contribution < -0.4 is 15.8 Å². The van der Waals surface area contributed by atoms with Crippen molar-refractivity contribution in [2.75, 3.05) is 12.3 Å². The monoisotopic (exact) mass is 359 g/mol. The Kier molecular flexibility index (Phi) is 4.13. The van der Waals surface area contributed by atoms with Gasteiger partial charge in [-0.3, -0.25) is 4.79 Å². The lowest BCUT2D eigenvalue weighted by Crippen LogP contribution is -2.41. The molecule has 6 nitrogen and oxygen atoms in total. The normalized spacial score (nSPS) is 22.6. The molecule has 2 aromatic rings. The summed E-state index contributed by atoms with van der Waals surface area (Å²) < 4.78 is 5.57. The third-order valence-corrected chi connectivity index (χ3v) is 5.98. The van der Waals surface area contributed by atoms with E-state index >= 15 is 0 Å². The molecule has 1 atom stereocenters. The topological polar surface area (TPSA) is 97.5 Å². The Balaban J connectivity index is 1.60. The molecule has 132 valence electrons. The van der Waals surface area contributed by atoms with Crippen molar-refractivity contribution in [2.45, 2.75) is 38.3 Å². The molecule has 2 heterocycles. The lowest BCUT2D eigenvalue weighted by Gasteiger charge is -2.38. The Labute approximate surface area is 150 Å². The molecule has 4 N–H and O–H groups in total. The summed E-state index contributed by atoms with van der Waals surface area (Å²) >= 11 is 1.20. The quantitative estimate of drug-likeness (QED) is 0.778. The van der Waals surface area contributed by atoms with Crippen molar-refractivity contribution in [1.29, 1.82) is 0 Å². The number of hydrogen-bond acceptors (Lipinski definition) is 6. The number of rotatable bonds is 4. The average molecular weight is 359 g/mol. The van der Waals surface area contributed by atoms with Gasteiger partial charge in [-0.15, -0.1) is 0 Å². The van der Waals surface area contributed by atoms with Crippen LogP contribution in [0.1, 0.15) is 45.4 Å². The number of ether oxygens (including phenoxy) is 1. The van der Waals surface area contributed by atoms with Crippen molar-refractivity contribution in [3.63, 3.8) is 0 Å². The zero-order valence-corrected chi connectivity index (χ0v) is 14.8. The van der Waals surface area contributed by atoms with Crippen LogP contribution in [0.3, 0.4) is 0 Å². The summed E-state index contributed by atoms with van der Waals surface area (Å²) in [6.07, 6.45) is 2.01. The number of nitrogens with one attached hydrogen (secondary N) is 1. The van der Waals surface area contributed by atoms with Gasteiger partial charge in [-0.25, -0.2) is 4.98 Å². The fourth-order valence-electron chi connectivity index (χ4n) is 3.61. The number of carbonyl (C=O) groups is 1. The Morgan fingerprint density at radius 1 is 1.48 bits per heavy atom. The molecular weight excluding hydrogens is 338 g/mol. The highest BCUT2D eigenvalue weighted by molar-refractivity contribution is 7.17. The highest BCUT2D eigenvalue weighted by Gasteiger charge is 2.36. The van der Waals surface area contributed by atoms with Gasteiger partial charge >= 0.3 is 0 Å². The standard InChI is InChI=1S/C18H21N3O3S/c1-9-16(25-18(19)20-9)17(23)21-15(12-7-13(22)8-12)11-2-3-14-10(6-11)4-5-24-14/h2-3,6,12-13,15,22H,4-5,7-8H2,1H3,(H2,19,20)(H,21,23)/t12?,13?,15-/m1/s1. The van der Waals surface area contributed by atoms with Gasteiger partial charge < -0.3 is 20.9 Å². The average Bonchev–Trinajstić information content (AvgIpc) is 3.14. The predicted octanol–water partition coefficient (Wildman–Crippen LogP) is 2.21. The van der Waals surface area contributed by atoms with Gasteiger partial charge in [0.15, 0.2) is 5.13 Å². The van der Waals surface area contributed by atoms with Crippen molar-refractivity contribution in [2.24, 2.45) is 5.92 Å². The van der Waals surface area contributed by atoms with E-state index in [1.807, 2.05) is 12.1 Å². The summed E-state index contributed by atoms with van der Waals surface area (Å²) in [6.45, 7) is 2.49. The van der Waals surface area contributed by atoms with Crippen molar-refractivity contribution in [3.05, 3.63) is 39.9 Å². The van der Waals surface area contributed by atoms with Crippen LogP contribution in [0.2, 0.25) is 0 Å². The van der Waals surface area contributed by atoms with Crippen molar-refractivity contribution in [3.8, 4) is 5.75 Å². The minimum atomic E-state index is -0.275. The van der Waals surface area contributed by atoms with Crippen LogP contribution in [-0.2, 0) is 6.42 Å². The van der Waals surface area contributed by atoms with E-state index in [0.29, 0.717) is 35.2 Å². The van der Waals surface area contributed by atoms with Gasteiger partial charge in [0.1, 0.15) is 10.6 Å². The van der Waals surface area contributed by atoms with Crippen LogP contribution in [0.25, 0.3) is 0 Å². The van der Waals surface area contributed by atoms with E-state index in [9.17, 15) is 9.90 Å². The van der Waals surface area contributed by atoms with Crippen LogP contribution in [0, 0.1) is 12.8 Å². The number of aryl methyl sites for hydroxylation is 1. The molecule has 25 heavy (non-hydrogen) atoms. The number of fused-ring (bicyclic) bond motifs is 1. The zero-order chi connectivity index (χ0) is 17.6. The minimum Gasteiger partial charge on any atom is -0.493 e. The van der Waals surface area contributed by atoms with E-state index in [-0.39, 0.29) is 24.0 Å². The fraction of sp³-hybridized carbons (Fsp3) is 0.444. The smallest absolute Gasteiger partial charge is 0.263 e. The van der Waals surface area contributed by atoms with Crippen LogP contribution >= 0.6 is 11.3 Å². The molecule has 1 aromatic carbocycles. The van der Waals surface area contributed by atoms with Crippen LogP contribution in [-0.4, -0.2) is 28.7 Å². The van der Waals surface area contributed by atoms with Gasteiger partial charge in [0, 0.05) is 6.42 Å². The summed E-state index contributed by atoms with van der Waals surface area (Å²) in [7, 11) is 0. The maximum atomic E-state index is 12.7. The number of benzene rings is 1. The first-order valence-electron chi connectivity index (χ1n) is 8.48. The molecule has 1 amide bonds. The molecule has 0 saturated heterocycles. The number of nitrogen functional groups attached to an aromatic ring is 1. The van der Waals surface area contributed by atoms with Gasteiger partial charge in [-0.1, -0.05) is 17.4 Å². The van der Waals surface area contributed by atoms with Crippen LogP contribution in [0.5, 0.6) is 5.75 Å². The van der Waals surface area contributed by atoms with E-state index in [1.54, 1.807) is 6.92 Å². The van der Waals surface area contributed by atoms with Gasteiger partial charge in [-0.2, -0.15) is 0 Å². The third kappa shape index (κ3) is 3.09. The van der Waals surface area contributed by atoms with Gasteiger partial charge in [0.2, 0.25) is 0 Å². The number of aliphatic hydroxyl groups is 1. The Hall–Kier alpha value is -2.12. The molecule has 7 heteroatoms. The van der Waals surface area contributed by atoms with Gasteiger partial charge in [0.05, 0.1) is 24.4 Å². The van der Waals surface area contributed by atoms with Crippen LogP contribution in [0.15, 0.2) is 18.2 Å².